The third-order valence-electron chi connectivity index (χ3n) is 7.82. The van der Waals surface area contributed by atoms with E-state index in [4.69, 9.17) is 15.2 Å². The molecule has 0 heterocycles. The summed E-state index contributed by atoms with van der Waals surface area (Å²) >= 11 is 0. The van der Waals surface area contributed by atoms with E-state index in [-0.39, 0.29) is 36.3 Å². The van der Waals surface area contributed by atoms with E-state index in [1.807, 2.05) is 48.5 Å². The number of benzene rings is 3. The predicted octanol–water partition coefficient (Wildman–Crippen LogP) is 4.38. The first-order chi connectivity index (χ1) is 20.9. The second-order valence-electron chi connectivity index (χ2n) is 10.7. The fourth-order valence-electron chi connectivity index (χ4n) is 5.57. The Morgan fingerprint density at radius 3 is 2.20 bits per heavy atom. The maximum Gasteiger partial charge on any atom is 0.407 e. The molecule has 0 spiro atoms. The van der Waals surface area contributed by atoms with E-state index >= 15 is 0 Å². The molecule has 1 atom stereocenters. The highest BCUT2D eigenvalue weighted by atomic mass is 32.2. The maximum absolute atomic E-state index is 13.0. The highest BCUT2D eigenvalue weighted by Gasteiger charge is 2.30. The van der Waals surface area contributed by atoms with E-state index in [2.05, 4.69) is 15.0 Å². The second kappa shape index (κ2) is 13.8. The lowest BCUT2D eigenvalue weighted by molar-refractivity contribution is -0.139. The van der Waals surface area contributed by atoms with Gasteiger partial charge in [0.1, 0.15) is 18.4 Å². The molecular formula is C32H38N4O7S. The number of aliphatic imine (C=N–C) groups is 1. The minimum Gasteiger partial charge on any atom is -0.496 e. The van der Waals surface area contributed by atoms with Crippen molar-refractivity contribution in [1.82, 2.24) is 10.0 Å². The molecule has 3 aromatic carbocycles. The summed E-state index contributed by atoms with van der Waals surface area (Å²) in [4.78, 5) is 28.6. The fraction of sp³-hybridized carbons (Fsp3) is 0.344. The highest BCUT2D eigenvalue weighted by Crippen LogP contribution is 2.44. The van der Waals surface area contributed by atoms with Crippen LogP contribution in [0.4, 0.5) is 4.79 Å². The minimum absolute atomic E-state index is 0.0746. The van der Waals surface area contributed by atoms with E-state index in [9.17, 15) is 23.1 Å². The minimum atomic E-state index is -3.99. The van der Waals surface area contributed by atoms with Crippen LogP contribution >= 0.6 is 0 Å². The van der Waals surface area contributed by atoms with Crippen LogP contribution in [0.25, 0.3) is 11.1 Å². The molecule has 0 unspecified atom stereocenters. The van der Waals surface area contributed by atoms with Crippen molar-refractivity contribution >= 4 is 28.0 Å². The van der Waals surface area contributed by atoms with Gasteiger partial charge in [-0.25, -0.2) is 22.7 Å². The Kier molecular flexibility index (Phi) is 10.1. The average molecular weight is 623 g/mol. The number of nitrogens with two attached hydrogens (primary N) is 1. The standard InChI is InChI=1S/C32H38N4O7S/c1-19-17-28(42-4)20(2)21(3)29(19)44(40,41)36-31(33)34-16-10-9-15-27(30(37)38)35-32(39)43-18-26-24-13-7-5-11-22(24)23-12-6-8-14-25(23)26/h5-8,11-14,17,26-27H,9-10,15-16,18H2,1-4H3,(H,35,39)(H,37,38)(H3,33,34,36)/t27-/m0/s1. The molecule has 0 saturated carbocycles. The molecule has 1 aliphatic carbocycles. The molecule has 1 aliphatic rings. The van der Waals surface area contributed by atoms with Crippen LogP contribution in [0.3, 0.4) is 0 Å². The van der Waals surface area contributed by atoms with Crippen molar-refractivity contribution in [2.45, 2.75) is 56.9 Å². The monoisotopic (exact) mass is 622 g/mol. The smallest absolute Gasteiger partial charge is 0.407 e. The Morgan fingerprint density at radius 2 is 1.61 bits per heavy atom. The van der Waals surface area contributed by atoms with Gasteiger partial charge in [-0.1, -0.05) is 48.5 Å². The Labute approximate surface area is 257 Å². The van der Waals surface area contributed by atoms with E-state index in [1.54, 1.807) is 26.8 Å². The maximum atomic E-state index is 13.0. The molecule has 1 amide bonds. The lowest BCUT2D eigenvalue weighted by Gasteiger charge is -2.17. The van der Waals surface area contributed by atoms with Crippen molar-refractivity contribution in [2.75, 3.05) is 20.3 Å². The third kappa shape index (κ3) is 7.13. The zero-order valence-electron chi connectivity index (χ0n) is 25.2. The molecule has 12 heteroatoms. The number of hydrogen-bond donors (Lipinski definition) is 4. The molecule has 5 N–H and O–H groups in total. The topological polar surface area (TPSA) is 169 Å². The average Bonchev–Trinajstić information content (AvgIpc) is 3.30. The number of hydrogen-bond acceptors (Lipinski definition) is 7. The van der Waals surface area contributed by atoms with Crippen molar-refractivity contribution < 1.29 is 32.6 Å². The number of unbranched alkanes of at least 4 members (excludes halogenated alkanes) is 1. The molecule has 0 radical (unpaired) electrons. The summed E-state index contributed by atoms with van der Waals surface area (Å²) in [6.45, 7) is 5.38. The molecular weight excluding hydrogens is 584 g/mol. The van der Waals surface area contributed by atoms with Crippen LogP contribution in [0.1, 0.15) is 53.0 Å². The van der Waals surface area contributed by atoms with Gasteiger partial charge in [-0.05, 0) is 85.0 Å². The second-order valence-corrected chi connectivity index (χ2v) is 12.3. The quantitative estimate of drug-likeness (QED) is 0.131. The number of ether oxygens (including phenoxy) is 2. The van der Waals surface area contributed by atoms with E-state index in [1.165, 1.54) is 7.11 Å². The summed E-state index contributed by atoms with van der Waals surface area (Å²) in [6, 6.07) is 16.4. The zero-order chi connectivity index (χ0) is 32.0. The molecule has 44 heavy (non-hydrogen) atoms. The Hall–Kier alpha value is -4.58. The number of guanidine groups is 1. The molecule has 3 aromatic rings. The van der Waals surface area contributed by atoms with Crippen LogP contribution in [0.5, 0.6) is 5.75 Å². The number of carbonyl (C=O) groups is 2. The van der Waals surface area contributed by atoms with Crippen LogP contribution in [-0.4, -0.2) is 57.8 Å². The lowest BCUT2D eigenvalue weighted by Crippen LogP contribution is -2.41. The predicted molar refractivity (Wildman–Crippen MR) is 167 cm³/mol. The molecule has 4 rings (SSSR count). The van der Waals surface area contributed by atoms with Gasteiger partial charge in [0.15, 0.2) is 0 Å². The van der Waals surface area contributed by atoms with Gasteiger partial charge >= 0.3 is 12.1 Å². The van der Waals surface area contributed by atoms with Gasteiger partial charge in [-0.3, -0.25) is 4.99 Å². The van der Waals surface area contributed by atoms with Crippen LogP contribution in [-0.2, 0) is 19.6 Å². The first-order valence-corrected chi connectivity index (χ1v) is 15.7. The van der Waals surface area contributed by atoms with Crippen molar-refractivity contribution in [3.8, 4) is 16.9 Å². The van der Waals surface area contributed by atoms with Gasteiger partial charge in [-0.2, -0.15) is 0 Å². The number of methoxy groups -OCH3 is 1. The Bertz CT molecular complexity index is 1640. The number of nitrogens with zero attached hydrogens (tertiary/aromatic N) is 1. The number of fused-ring (bicyclic) bond motifs is 3. The number of carboxylic acids is 1. The molecule has 0 fully saturated rings. The number of alkyl carbamates (subject to hydrolysis) is 1. The summed E-state index contributed by atoms with van der Waals surface area (Å²) < 4.78 is 39.1. The van der Waals surface area contributed by atoms with E-state index in [0.717, 1.165) is 22.3 Å². The molecule has 0 aromatic heterocycles. The molecule has 11 nitrogen and oxygen atoms in total. The summed E-state index contributed by atoms with van der Waals surface area (Å²) in [5, 5.41) is 12.1. The van der Waals surface area contributed by atoms with Crippen LogP contribution in [0.2, 0.25) is 0 Å². The SMILES string of the molecule is COc1cc(C)c(S(=O)(=O)NC(N)=NCCCC[C@H](NC(=O)OCC2c3ccccc3-c3ccccc32)C(=O)O)c(C)c1C. The van der Waals surface area contributed by atoms with Crippen molar-refractivity contribution in [1.29, 1.82) is 0 Å². The summed E-state index contributed by atoms with van der Waals surface area (Å²) in [6.07, 6.45) is 0.123. The van der Waals surface area contributed by atoms with Crippen molar-refractivity contribution in [2.24, 2.45) is 10.7 Å². The molecule has 0 saturated heterocycles. The highest BCUT2D eigenvalue weighted by molar-refractivity contribution is 7.90. The number of aliphatic carboxylic acids is 1. The van der Waals surface area contributed by atoms with Gasteiger partial charge in [0, 0.05) is 12.5 Å². The van der Waals surface area contributed by atoms with Gasteiger partial charge in [-0.15, -0.1) is 0 Å². The van der Waals surface area contributed by atoms with Crippen LogP contribution in [0, 0.1) is 20.8 Å². The lowest BCUT2D eigenvalue weighted by atomic mass is 9.98. The number of aryl methyl sites for hydroxylation is 1. The number of carbonyl (C=O) groups excluding carboxylic acids is 1. The van der Waals surface area contributed by atoms with E-state index in [0.29, 0.717) is 35.3 Å². The summed E-state index contributed by atoms with van der Waals surface area (Å²) in [5.41, 5.74) is 11.9. The normalized spacial score (nSPS) is 13.5. The van der Waals surface area contributed by atoms with Gasteiger partial charge < -0.3 is 25.6 Å². The third-order valence-corrected chi connectivity index (χ3v) is 9.47. The van der Waals surface area contributed by atoms with Crippen molar-refractivity contribution in [3.63, 3.8) is 0 Å². The van der Waals surface area contributed by atoms with Crippen LogP contribution in [0.15, 0.2) is 64.5 Å². The van der Waals surface area contributed by atoms with Gasteiger partial charge in [0.2, 0.25) is 5.96 Å². The first kappa shape index (κ1) is 32.3. The molecule has 234 valence electrons. The molecule has 0 bridgehead atoms. The van der Waals surface area contributed by atoms with Gasteiger partial charge in [0.25, 0.3) is 10.0 Å². The number of sulfonamides is 1. The number of rotatable bonds is 12. The van der Waals surface area contributed by atoms with Crippen molar-refractivity contribution in [3.05, 3.63) is 82.4 Å². The first-order valence-electron chi connectivity index (χ1n) is 14.3. The zero-order valence-corrected chi connectivity index (χ0v) is 26.0. The summed E-state index contributed by atoms with van der Waals surface area (Å²) in [7, 11) is -2.47. The Morgan fingerprint density at radius 1 is 1.00 bits per heavy atom. The van der Waals surface area contributed by atoms with Gasteiger partial charge in [0.05, 0.1) is 12.0 Å². The summed E-state index contributed by atoms with van der Waals surface area (Å²) in [5.74, 6) is -1.01. The fourth-order valence-corrected chi connectivity index (χ4v) is 7.05. The number of nitrogens with one attached hydrogen (secondary N) is 2. The molecule has 0 aliphatic heterocycles. The number of amides is 1. The van der Waals surface area contributed by atoms with Crippen LogP contribution < -0.4 is 20.5 Å². The number of carboxylic acid groups (broad SMARTS) is 1. The largest absolute Gasteiger partial charge is 0.496 e. The van der Waals surface area contributed by atoms with E-state index < -0.39 is 28.1 Å². The Balaban J connectivity index is 1.26.